The Morgan fingerprint density at radius 2 is 1.75 bits per heavy atom. The fourth-order valence-corrected chi connectivity index (χ4v) is 4.03. The van der Waals surface area contributed by atoms with Crippen LogP contribution in [0, 0.1) is 20.8 Å². The highest BCUT2D eigenvalue weighted by molar-refractivity contribution is 6.00. The monoisotopic (exact) mass is 432 g/mol. The highest BCUT2D eigenvalue weighted by atomic mass is 16.5. The molecule has 4 rings (SSSR count). The van der Waals surface area contributed by atoms with E-state index in [2.05, 4.69) is 4.98 Å². The maximum Gasteiger partial charge on any atom is 0.170 e. The number of hydrogen-bond donors (Lipinski definition) is 1. The van der Waals surface area contributed by atoms with Gasteiger partial charge in [0.15, 0.2) is 5.78 Å². The van der Waals surface area contributed by atoms with Crippen LogP contribution in [-0.4, -0.2) is 24.1 Å². The largest absolute Gasteiger partial charge is 0.492 e. The molecule has 0 fully saturated rings. The van der Waals surface area contributed by atoms with Crippen LogP contribution in [0.1, 0.15) is 56.5 Å². The molecule has 1 unspecified atom stereocenters. The Hall–Kier alpha value is -3.22. The minimum atomic E-state index is -0.351. The number of benzene rings is 2. The van der Waals surface area contributed by atoms with Gasteiger partial charge in [-0.3, -0.25) is 9.78 Å². The lowest BCUT2D eigenvalue weighted by Gasteiger charge is -2.25. The average Bonchev–Trinajstić information content (AvgIpc) is 2.77. The van der Waals surface area contributed by atoms with Gasteiger partial charge in [0.05, 0.1) is 25.5 Å². The highest BCUT2D eigenvalue weighted by Crippen LogP contribution is 2.38. The van der Waals surface area contributed by atoms with Crippen LogP contribution in [0.4, 0.5) is 0 Å². The van der Waals surface area contributed by atoms with E-state index in [-0.39, 0.29) is 18.6 Å². The van der Waals surface area contributed by atoms with Crippen LogP contribution in [0.25, 0.3) is 0 Å². The first-order valence-electron chi connectivity index (χ1n) is 10.7. The number of carbonyl (C=O) groups is 1. The summed E-state index contributed by atoms with van der Waals surface area (Å²) in [5.74, 6) is 1.41. The summed E-state index contributed by atoms with van der Waals surface area (Å²) in [6, 6.07) is 15.9. The molecule has 6 nitrogen and oxygen atoms in total. The average molecular weight is 433 g/mol. The minimum absolute atomic E-state index is 0.105. The van der Waals surface area contributed by atoms with Crippen molar-refractivity contribution >= 4 is 5.78 Å². The summed E-state index contributed by atoms with van der Waals surface area (Å²) >= 11 is 0. The van der Waals surface area contributed by atoms with E-state index in [4.69, 9.17) is 19.9 Å². The van der Waals surface area contributed by atoms with Crippen molar-refractivity contribution in [3.63, 3.8) is 0 Å². The fraction of sp³-hybridized carbons (Fsp3) is 0.308. The molecule has 32 heavy (non-hydrogen) atoms. The molecule has 2 heterocycles. The molecule has 2 N–H and O–H groups in total. The number of fused-ring (bicyclic) bond motifs is 1. The zero-order chi connectivity index (χ0) is 22.7. The minimum Gasteiger partial charge on any atom is -0.492 e. The number of rotatable bonds is 7. The van der Waals surface area contributed by atoms with Crippen LogP contribution < -0.4 is 15.2 Å². The molecule has 166 valence electrons. The zero-order valence-corrected chi connectivity index (χ0v) is 18.7. The summed E-state index contributed by atoms with van der Waals surface area (Å²) in [4.78, 5) is 16.8. The quantitative estimate of drug-likeness (QED) is 0.551. The van der Waals surface area contributed by atoms with Crippen molar-refractivity contribution in [2.75, 3.05) is 13.3 Å². The van der Waals surface area contributed by atoms with E-state index >= 15 is 0 Å². The van der Waals surface area contributed by atoms with Crippen LogP contribution in [0.3, 0.4) is 0 Å². The SMILES string of the molecule is Cc1cc(C(Oc2ccc3c(c2C)OCCC3=O)c2ccc(COCN)cc2)cc(C)n1. The second-order valence-corrected chi connectivity index (χ2v) is 8.02. The standard InChI is InChI=1S/C26H28N2O4/c1-16-12-21(13-17(2)28-16)26(20-6-4-19(5-7-20)14-30-15-27)32-24-9-8-22-23(29)10-11-31-25(22)18(24)3/h4-9,12-13,26H,10-11,14-15,27H2,1-3H3. The predicted octanol–water partition coefficient (Wildman–Crippen LogP) is 4.57. The van der Waals surface area contributed by atoms with Crippen molar-refractivity contribution in [3.8, 4) is 11.5 Å². The van der Waals surface area contributed by atoms with E-state index in [1.165, 1.54) is 0 Å². The maximum absolute atomic E-state index is 12.3. The summed E-state index contributed by atoms with van der Waals surface area (Å²) in [7, 11) is 0. The van der Waals surface area contributed by atoms with Gasteiger partial charge in [0.1, 0.15) is 17.6 Å². The van der Waals surface area contributed by atoms with Gasteiger partial charge in [0.2, 0.25) is 0 Å². The van der Waals surface area contributed by atoms with Gasteiger partial charge in [-0.2, -0.15) is 0 Å². The second-order valence-electron chi connectivity index (χ2n) is 8.02. The smallest absolute Gasteiger partial charge is 0.170 e. The van der Waals surface area contributed by atoms with Crippen LogP contribution in [-0.2, 0) is 11.3 Å². The van der Waals surface area contributed by atoms with Gasteiger partial charge in [-0.1, -0.05) is 24.3 Å². The van der Waals surface area contributed by atoms with Gasteiger partial charge in [0.25, 0.3) is 0 Å². The lowest BCUT2D eigenvalue weighted by molar-refractivity contribution is 0.0932. The van der Waals surface area contributed by atoms with Gasteiger partial charge in [-0.05, 0) is 56.2 Å². The third-order valence-electron chi connectivity index (χ3n) is 5.55. The summed E-state index contributed by atoms with van der Waals surface area (Å²) in [6.45, 7) is 6.93. The number of aryl methyl sites for hydroxylation is 2. The number of pyridine rings is 1. The van der Waals surface area contributed by atoms with E-state index in [0.717, 1.165) is 33.6 Å². The van der Waals surface area contributed by atoms with Crippen LogP contribution >= 0.6 is 0 Å². The van der Waals surface area contributed by atoms with Crippen molar-refractivity contribution in [1.29, 1.82) is 0 Å². The molecule has 1 aromatic heterocycles. The van der Waals surface area contributed by atoms with E-state index in [0.29, 0.717) is 36.7 Å². The normalized spacial score (nSPS) is 13.9. The van der Waals surface area contributed by atoms with Gasteiger partial charge in [-0.15, -0.1) is 0 Å². The van der Waals surface area contributed by atoms with Crippen LogP contribution in [0.2, 0.25) is 0 Å². The van der Waals surface area contributed by atoms with Gasteiger partial charge >= 0.3 is 0 Å². The van der Waals surface area contributed by atoms with E-state index < -0.39 is 0 Å². The van der Waals surface area contributed by atoms with Crippen molar-refractivity contribution < 1.29 is 19.0 Å². The van der Waals surface area contributed by atoms with E-state index in [1.54, 1.807) is 6.07 Å². The number of hydrogen-bond acceptors (Lipinski definition) is 6. The molecule has 1 aliphatic rings. The summed E-state index contributed by atoms with van der Waals surface area (Å²) in [5, 5.41) is 0. The van der Waals surface area contributed by atoms with E-state index in [9.17, 15) is 4.79 Å². The molecule has 0 amide bonds. The maximum atomic E-state index is 12.3. The highest BCUT2D eigenvalue weighted by Gasteiger charge is 2.24. The van der Waals surface area contributed by atoms with Crippen LogP contribution in [0.15, 0.2) is 48.5 Å². The summed E-state index contributed by atoms with van der Waals surface area (Å²) in [6.07, 6.45) is 0.0568. The van der Waals surface area contributed by atoms with Gasteiger partial charge in [0, 0.05) is 28.9 Å². The molecule has 0 spiro atoms. The molecular weight excluding hydrogens is 404 g/mol. The zero-order valence-electron chi connectivity index (χ0n) is 18.7. The first-order chi connectivity index (χ1) is 15.5. The molecule has 0 radical (unpaired) electrons. The number of carbonyl (C=O) groups excluding carboxylic acids is 1. The molecular formula is C26H28N2O4. The Bertz CT molecular complexity index is 1110. The molecule has 3 aromatic rings. The van der Waals surface area contributed by atoms with Gasteiger partial charge in [-0.25, -0.2) is 0 Å². The molecule has 0 aliphatic carbocycles. The summed E-state index contributed by atoms with van der Waals surface area (Å²) < 4.78 is 17.7. The van der Waals surface area contributed by atoms with Crippen molar-refractivity contribution in [1.82, 2.24) is 4.98 Å². The molecule has 1 atom stereocenters. The molecule has 0 saturated carbocycles. The lowest BCUT2D eigenvalue weighted by atomic mass is 9.98. The number of nitrogens with zero attached hydrogens (tertiary/aromatic N) is 1. The van der Waals surface area contributed by atoms with Crippen molar-refractivity contribution in [2.45, 2.75) is 39.9 Å². The molecule has 0 bridgehead atoms. The first kappa shape index (κ1) is 22.0. The van der Waals surface area contributed by atoms with E-state index in [1.807, 2.05) is 63.2 Å². The number of aromatic nitrogens is 1. The van der Waals surface area contributed by atoms with Gasteiger partial charge < -0.3 is 19.9 Å². The molecule has 2 aromatic carbocycles. The fourth-order valence-electron chi connectivity index (χ4n) is 4.03. The summed E-state index contributed by atoms with van der Waals surface area (Å²) in [5.41, 5.74) is 11.8. The first-order valence-corrected chi connectivity index (χ1v) is 10.7. The Balaban J connectivity index is 1.72. The van der Waals surface area contributed by atoms with Crippen molar-refractivity contribution in [2.24, 2.45) is 5.73 Å². The Kier molecular flexibility index (Phi) is 6.53. The molecule has 0 saturated heterocycles. The van der Waals surface area contributed by atoms with Crippen molar-refractivity contribution in [3.05, 3.63) is 87.7 Å². The number of ketones is 1. The lowest BCUT2D eigenvalue weighted by Crippen LogP contribution is -2.17. The molecule has 6 heteroatoms. The number of nitrogens with two attached hydrogens (primary N) is 1. The topological polar surface area (TPSA) is 83.7 Å². The second kappa shape index (κ2) is 9.51. The van der Waals surface area contributed by atoms with Crippen LogP contribution in [0.5, 0.6) is 11.5 Å². The Morgan fingerprint density at radius 3 is 2.44 bits per heavy atom. The predicted molar refractivity (Wildman–Crippen MR) is 122 cm³/mol. The third kappa shape index (κ3) is 4.66. The third-order valence-corrected chi connectivity index (χ3v) is 5.55. The molecule has 1 aliphatic heterocycles. The number of ether oxygens (including phenoxy) is 3. The Morgan fingerprint density at radius 1 is 1.03 bits per heavy atom. The Labute approximate surface area is 188 Å². The number of Topliss-reactive ketones (excluding diaryl/α,β-unsaturated/α-hetero) is 1.